The molecule has 4 heteroatoms. The third kappa shape index (κ3) is 6.77. The Labute approximate surface area is 173 Å². The molecule has 0 aliphatic rings. The largest absolute Gasteiger partial charge is 0.471 e. The number of benzene rings is 3. The first-order valence-electron chi connectivity index (χ1n) is 9.74. The predicted molar refractivity (Wildman–Crippen MR) is 121 cm³/mol. The van der Waals surface area contributed by atoms with E-state index in [-0.39, 0.29) is 0 Å². The van der Waals surface area contributed by atoms with Gasteiger partial charge < -0.3 is 15.8 Å². The van der Waals surface area contributed by atoms with Gasteiger partial charge in [0.15, 0.2) is 0 Å². The lowest BCUT2D eigenvalue weighted by Gasteiger charge is -2.18. The molecule has 0 bridgehead atoms. The number of aryl methyl sites for hydroxylation is 1. The van der Waals surface area contributed by atoms with Gasteiger partial charge in [-0.15, -0.1) is 0 Å². The number of rotatable bonds is 7. The predicted octanol–water partition coefficient (Wildman–Crippen LogP) is 4.75. The number of carbonyl (C=O) groups excluding carboxylic acids is 1. The van der Waals surface area contributed by atoms with E-state index in [1.54, 1.807) is 0 Å². The zero-order valence-electron chi connectivity index (χ0n) is 17.4. The van der Waals surface area contributed by atoms with Gasteiger partial charge in [0, 0.05) is 23.8 Å². The molecular formula is C25H30N2O2. The summed E-state index contributed by atoms with van der Waals surface area (Å²) in [4.78, 5) is 8.95. The van der Waals surface area contributed by atoms with Crippen LogP contribution in [-0.4, -0.2) is 19.6 Å². The van der Waals surface area contributed by atoms with Crippen LogP contribution in [0.1, 0.15) is 23.6 Å². The van der Waals surface area contributed by atoms with Crippen molar-refractivity contribution in [1.29, 1.82) is 0 Å². The maximum absolute atomic E-state index is 8.95. The molecule has 3 rings (SSSR count). The fourth-order valence-corrected chi connectivity index (χ4v) is 3.30. The van der Waals surface area contributed by atoms with E-state index >= 15 is 0 Å². The first-order valence-corrected chi connectivity index (χ1v) is 9.74. The van der Waals surface area contributed by atoms with Crippen LogP contribution in [0.3, 0.4) is 0 Å². The molecule has 0 amide bonds. The molecule has 0 aromatic heterocycles. The highest BCUT2D eigenvalue weighted by molar-refractivity contribution is 5.81. The van der Waals surface area contributed by atoms with Crippen LogP contribution in [0.4, 0.5) is 5.69 Å². The van der Waals surface area contributed by atoms with E-state index in [9.17, 15) is 0 Å². The molecule has 0 heterocycles. The van der Waals surface area contributed by atoms with Crippen LogP contribution in [0, 0.1) is 6.92 Å². The van der Waals surface area contributed by atoms with Crippen molar-refractivity contribution in [3.05, 3.63) is 89.5 Å². The minimum absolute atomic E-state index is 0.375. The molecule has 0 aliphatic heterocycles. The Morgan fingerprint density at radius 3 is 2.31 bits per heavy atom. The lowest BCUT2D eigenvalue weighted by Crippen LogP contribution is -2.27. The SMILES string of the molecule is COC=O.Cc1cccc(N)c1-c1ccccc1CNC(C)Cc1ccccc1. The number of nitrogens with two attached hydrogens (primary N) is 1. The molecule has 1 unspecified atom stereocenters. The monoisotopic (exact) mass is 390 g/mol. The molecule has 3 aromatic rings. The minimum Gasteiger partial charge on any atom is -0.471 e. The average Bonchev–Trinajstić information content (AvgIpc) is 2.74. The molecule has 3 N–H and O–H groups in total. The summed E-state index contributed by atoms with van der Waals surface area (Å²) in [7, 11) is 1.31. The van der Waals surface area contributed by atoms with Crippen LogP contribution in [-0.2, 0) is 22.5 Å². The molecule has 1 atom stereocenters. The molecule has 3 aromatic carbocycles. The van der Waals surface area contributed by atoms with Gasteiger partial charge in [0.25, 0.3) is 6.47 Å². The van der Waals surface area contributed by atoms with E-state index in [0.717, 1.165) is 24.2 Å². The Bertz CT molecular complexity index is 874. The molecule has 0 saturated carbocycles. The van der Waals surface area contributed by atoms with Gasteiger partial charge in [0.1, 0.15) is 0 Å². The van der Waals surface area contributed by atoms with E-state index in [2.05, 4.69) is 84.6 Å². The van der Waals surface area contributed by atoms with Crippen LogP contribution in [0.5, 0.6) is 0 Å². The summed E-state index contributed by atoms with van der Waals surface area (Å²) in [5.74, 6) is 0. The van der Waals surface area contributed by atoms with Crippen molar-refractivity contribution in [2.24, 2.45) is 0 Å². The second-order valence-electron chi connectivity index (χ2n) is 7.00. The second kappa shape index (κ2) is 11.7. The second-order valence-corrected chi connectivity index (χ2v) is 7.00. The van der Waals surface area contributed by atoms with Crippen LogP contribution < -0.4 is 11.1 Å². The van der Waals surface area contributed by atoms with Gasteiger partial charge in [-0.1, -0.05) is 66.7 Å². The summed E-state index contributed by atoms with van der Waals surface area (Å²) in [6, 6.07) is 25.6. The van der Waals surface area contributed by atoms with Gasteiger partial charge in [-0.25, -0.2) is 0 Å². The molecule has 0 spiro atoms. The molecule has 0 radical (unpaired) electrons. The van der Waals surface area contributed by atoms with Gasteiger partial charge in [0.05, 0.1) is 7.11 Å². The number of carbonyl (C=O) groups is 1. The first-order chi connectivity index (χ1) is 14.1. The standard InChI is InChI=1S/C23H26N2.C2H4O2/c1-17-9-8-14-22(24)23(17)21-13-7-6-12-20(21)16-25-18(2)15-19-10-4-3-5-11-19;1-4-2-3/h3-14,18,25H,15-16,24H2,1-2H3;2H,1H3. The van der Waals surface area contributed by atoms with Crippen molar-refractivity contribution in [3.63, 3.8) is 0 Å². The van der Waals surface area contributed by atoms with Crippen LogP contribution in [0.2, 0.25) is 0 Å². The fourth-order valence-electron chi connectivity index (χ4n) is 3.30. The molecule has 4 nitrogen and oxygen atoms in total. The number of ether oxygens (including phenoxy) is 1. The molecule has 152 valence electrons. The van der Waals surface area contributed by atoms with Crippen LogP contribution in [0.25, 0.3) is 11.1 Å². The van der Waals surface area contributed by atoms with Crippen LogP contribution in [0.15, 0.2) is 72.8 Å². The topological polar surface area (TPSA) is 64.3 Å². The molecule has 29 heavy (non-hydrogen) atoms. The van der Waals surface area contributed by atoms with Crippen molar-refractivity contribution in [3.8, 4) is 11.1 Å². The summed E-state index contributed by atoms with van der Waals surface area (Å²) in [5, 5.41) is 3.66. The Balaban J connectivity index is 0.000000687. The van der Waals surface area contributed by atoms with E-state index in [4.69, 9.17) is 10.5 Å². The molecule has 0 aliphatic carbocycles. The van der Waals surface area contributed by atoms with E-state index in [0.29, 0.717) is 12.5 Å². The number of hydrogen-bond donors (Lipinski definition) is 2. The highest BCUT2D eigenvalue weighted by atomic mass is 16.5. The van der Waals surface area contributed by atoms with Crippen molar-refractivity contribution in [2.75, 3.05) is 12.8 Å². The molecule has 0 saturated heterocycles. The average molecular weight is 391 g/mol. The number of anilines is 1. The van der Waals surface area contributed by atoms with Crippen molar-refractivity contribution in [2.45, 2.75) is 32.9 Å². The minimum atomic E-state index is 0.375. The smallest absolute Gasteiger partial charge is 0.292 e. The summed E-state index contributed by atoms with van der Waals surface area (Å²) >= 11 is 0. The van der Waals surface area contributed by atoms with Crippen LogP contribution >= 0.6 is 0 Å². The Kier molecular flexibility index (Phi) is 8.93. The van der Waals surface area contributed by atoms with E-state index in [1.165, 1.54) is 29.4 Å². The van der Waals surface area contributed by atoms with E-state index in [1.807, 2.05) is 12.1 Å². The van der Waals surface area contributed by atoms with Gasteiger partial charge in [-0.2, -0.15) is 0 Å². The third-order valence-electron chi connectivity index (χ3n) is 4.71. The van der Waals surface area contributed by atoms with Gasteiger partial charge >= 0.3 is 0 Å². The highest BCUT2D eigenvalue weighted by Crippen LogP contribution is 2.32. The lowest BCUT2D eigenvalue weighted by molar-refractivity contribution is -0.126. The van der Waals surface area contributed by atoms with E-state index < -0.39 is 0 Å². The maximum Gasteiger partial charge on any atom is 0.292 e. The van der Waals surface area contributed by atoms with Crippen molar-refractivity contribution >= 4 is 12.2 Å². The number of nitrogens with one attached hydrogen (secondary N) is 1. The first kappa shape index (κ1) is 22.2. The quantitative estimate of drug-likeness (QED) is 0.451. The number of nitrogen functional groups attached to an aromatic ring is 1. The lowest BCUT2D eigenvalue weighted by atomic mass is 9.94. The van der Waals surface area contributed by atoms with Gasteiger partial charge in [-0.05, 0) is 48.6 Å². The fraction of sp³-hybridized carbons (Fsp3) is 0.240. The Morgan fingerprint density at radius 1 is 1.00 bits per heavy atom. The zero-order chi connectivity index (χ0) is 21.1. The highest BCUT2D eigenvalue weighted by Gasteiger charge is 2.11. The van der Waals surface area contributed by atoms with Crippen molar-refractivity contribution < 1.29 is 9.53 Å². The van der Waals surface area contributed by atoms with Gasteiger partial charge in [-0.3, -0.25) is 4.79 Å². The number of hydrogen-bond acceptors (Lipinski definition) is 4. The molecular weight excluding hydrogens is 360 g/mol. The maximum atomic E-state index is 8.95. The van der Waals surface area contributed by atoms with Crippen molar-refractivity contribution in [1.82, 2.24) is 5.32 Å². The number of methoxy groups -OCH3 is 1. The normalized spacial score (nSPS) is 11.1. The molecule has 0 fully saturated rings. The van der Waals surface area contributed by atoms with Gasteiger partial charge in [0.2, 0.25) is 0 Å². The summed E-state index contributed by atoms with van der Waals surface area (Å²) in [6.07, 6.45) is 1.02. The zero-order valence-corrected chi connectivity index (χ0v) is 17.4. The Hall–Kier alpha value is -3.11. The summed E-state index contributed by atoms with van der Waals surface area (Å²) in [6.45, 7) is 5.56. The third-order valence-corrected chi connectivity index (χ3v) is 4.71. The summed E-state index contributed by atoms with van der Waals surface area (Å²) in [5.41, 5.74) is 13.3. The summed E-state index contributed by atoms with van der Waals surface area (Å²) < 4.78 is 3.86. The Morgan fingerprint density at radius 2 is 1.66 bits per heavy atom.